The van der Waals surface area contributed by atoms with E-state index < -0.39 is 18.2 Å². The third-order valence-electron chi connectivity index (χ3n) is 3.84. The molecule has 0 aliphatic heterocycles. The number of rotatable bonds is 9. The average Bonchev–Trinajstić information content (AvgIpc) is 2.66. The second-order valence-corrected chi connectivity index (χ2v) is 6.47. The van der Waals surface area contributed by atoms with Crippen molar-refractivity contribution < 1.29 is 28.9 Å². The molecule has 0 aromatic heterocycles. The fourth-order valence-corrected chi connectivity index (χ4v) is 2.51. The highest BCUT2D eigenvalue weighted by Gasteiger charge is 2.20. The van der Waals surface area contributed by atoms with Crippen molar-refractivity contribution >= 4 is 17.7 Å². The summed E-state index contributed by atoms with van der Waals surface area (Å²) < 4.78 is 15.7. The van der Waals surface area contributed by atoms with Gasteiger partial charge in [-0.15, -0.1) is 0 Å². The van der Waals surface area contributed by atoms with E-state index in [1.54, 1.807) is 69.5 Å². The number of anilines is 1. The van der Waals surface area contributed by atoms with Crippen LogP contribution in [0.1, 0.15) is 25.0 Å². The Labute approximate surface area is 164 Å². The Morgan fingerprint density at radius 1 is 1.07 bits per heavy atom. The maximum atomic E-state index is 11.9. The molecule has 2 rings (SSSR count). The quantitative estimate of drug-likeness (QED) is 0.678. The summed E-state index contributed by atoms with van der Waals surface area (Å²) >= 11 is 0. The van der Waals surface area contributed by atoms with Crippen LogP contribution in [0.5, 0.6) is 5.75 Å². The van der Waals surface area contributed by atoms with Gasteiger partial charge in [0.25, 0.3) is 0 Å². The number of carbonyl (C=O) groups excluding carboxylic acids is 1. The van der Waals surface area contributed by atoms with Gasteiger partial charge in [-0.3, -0.25) is 5.32 Å². The predicted molar refractivity (Wildman–Crippen MR) is 105 cm³/mol. The van der Waals surface area contributed by atoms with E-state index >= 15 is 0 Å². The lowest BCUT2D eigenvalue weighted by molar-refractivity contribution is -0.153. The first-order chi connectivity index (χ1) is 13.4. The number of hydrogen-bond acceptors (Lipinski definition) is 5. The van der Waals surface area contributed by atoms with E-state index in [-0.39, 0.29) is 19.1 Å². The van der Waals surface area contributed by atoms with Crippen LogP contribution >= 0.6 is 0 Å². The summed E-state index contributed by atoms with van der Waals surface area (Å²) in [5.74, 6) is -0.357. The summed E-state index contributed by atoms with van der Waals surface area (Å²) in [6.07, 6.45) is -1.37. The summed E-state index contributed by atoms with van der Waals surface area (Å²) in [4.78, 5) is 23.2. The zero-order chi connectivity index (χ0) is 20.5. The number of methoxy groups -OCH3 is 1. The molecule has 2 aromatic rings. The SMILES string of the molecule is COc1cccc(NC(=O)OCc2ccc(CC(OC(C)C)C(=O)O)cc2)c1. The molecule has 0 radical (unpaired) electrons. The van der Waals surface area contributed by atoms with Crippen molar-refractivity contribution in [3.63, 3.8) is 0 Å². The van der Waals surface area contributed by atoms with E-state index in [0.717, 1.165) is 11.1 Å². The maximum Gasteiger partial charge on any atom is 0.411 e. The standard InChI is InChI=1S/C21H25NO6/c1-14(2)28-19(20(23)24)11-15-7-9-16(10-8-15)13-27-21(25)22-17-5-4-6-18(12-17)26-3/h4-10,12,14,19H,11,13H2,1-3H3,(H,22,25)(H,23,24). The lowest BCUT2D eigenvalue weighted by Gasteiger charge is -2.16. The van der Waals surface area contributed by atoms with Gasteiger partial charge >= 0.3 is 12.1 Å². The van der Waals surface area contributed by atoms with Crippen LogP contribution in [0.25, 0.3) is 0 Å². The molecule has 0 spiro atoms. The van der Waals surface area contributed by atoms with E-state index in [0.29, 0.717) is 11.4 Å². The number of benzene rings is 2. The van der Waals surface area contributed by atoms with Gasteiger partial charge in [0, 0.05) is 18.2 Å². The second-order valence-electron chi connectivity index (χ2n) is 6.47. The van der Waals surface area contributed by atoms with E-state index in [1.807, 2.05) is 0 Å². The average molecular weight is 387 g/mol. The molecule has 7 heteroatoms. The van der Waals surface area contributed by atoms with Crippen molar-refractivity contribution in [1.82, 2.24) is 0 Å². The molecule has 0 fully saturated rings. The summed E-state index contributed by atoms with van der Waals surface area (Å²) in [6, 6.07) is 14.2. The minimum absolute atomic E-state index is 0.0981. The normalized spacial score (nSPS) is 11.7. The highest BCUT2D eigenvalue weighted by atomic mass is 16.5. The number of nitrogens with one attached hydrogen (secondary N) is 1. The Bertz CT molecular complexity index is 788. The number of ether oxygens (including phenoxy) is 3. The van der Waals surface area contributed by atoms with Gasteiger partial charge in [0.1, 0.15) is 12.4 Å². The fourth-order valence-electron chi connectivity index (χ4n) is 2.51. The summed E-state index contributed by atoms with van der Waals surface area (Å²) in [7, 11) is 1.55. The molecule has 1 amide bonds. The Balaban J connectivity index is 1.86. The summed E-state index contributed by atoms with van der Waals surface area (Å²) in [5.41, 5.74) is 2.20. The van der Waals surface area contributed by atoms with Crippen LogP contribution < -0.4 is 10.1 Å². The molecular weight excluding hydrogens is 362 g/mol. The molecule has 0 saturated carbocycles. The number of carbonyl (C=O) groups is 2. The van der Waals surface area contributed by atoms with Crippen molar-refractivity contribution in [3.8, 4) is 5.75 Å². The minimum atomic E-state index is -0.990. The Morgan fingerprint density at radius 3 is 2.36 bits per heavy atom. The van der Waals surface area contributed by atoms with Crippen molar-refractivity contribution in [2.75, 3.05) is 12.4 Å². The third-order valence-corrected chi connectivity index (χ3v) is 3.84. The number of carboxylic acids is 1. The monoisotopic (exact) mass is 387 g/mol. The van der Waals surface area contributed by atoms with Gasteiger partial charge in [-0.25, -0.2) is 9.59 Å². The molecule has 0 bridgehead atoms. The van der Waals surface area contributed by atoms with Crippen molar-refractivity contribution in [3.05, 3.63) is 59.7 Å². The molecule has 1 atom stereocenters. The molecule has 0 aliphatic carbocycles. The van der Waals surface area contributed by atoms with Gasteiger partial charge in [-0.1, -0.05) is 30.3 Å². The van der Waals surface area contributed by atoms with Crippen LogP contribution in [0.2, 0.25) is 0 Å². The molecule has 28 heavy (non-hydrogen) atoms. The number of hydrogen-bond donors (Lipinski definition) is 2. The highest BCUT2D eigenvalue weighted by Crippen LogP contribution is 2.17. The van der Waals surface area contributed by atoms with Crippen LogP contribution in [0.3, 0.4) is 0 Å². The van der Waals surface area contributed by atoms with Gasteiger partial charge in [-0.05, 0) is 37.1 Å². The first-order valence-corrected chi connectivity index (χ1v) is 8.91. The lowest BCUT2D eigenvalue weighted by atomic mass is 10.1. The molecule has 7 nitrogen and oxygen atoms in total. The smallest absolute Gasteiger partial charge is 0.411 e. The zero-order valence-electron chi connectivity index (χ0n) is 16.2. The van der Waals surface area contributed by atoms with Crippen molar-refractivity contribution in [2.24, 2.45) is 0 Å². The second kappa shape index (κ2) is 10.3. The largest absolute Gasteiger partial charge is 0.497 e. The van der Waals surface area contributed by atoms with Gasteiger partial charge < -0.3 is 19.3 Å². The number of carboxylic acid groups (broad SMARTS) is 1. The van der Waals surface area contributed by atoms with E-state index in [1.165, 1.54) is 0 Å². The Kier molecular flexibility index (Phi) is 7.83. The lowest BCUT2D eigenvalue weighted by Crippen LogP contribution is -2.29. The van der Waals surface area contributed by atoms with E-state index in [4.69, 9.17) is 14.2 Å². The predicted octanol–water partition coefficient (Wildman–Crippen LogP) is 3.86. The van der Waals surface area contributed by atoms with Gasteiger partial charge in [0.2, 0.25) is 0 Å². The zero-order valence-corrected chi connectivity index (χ0v) is 16.2. The topological polar surface area (TPSA) is 94.1 Å². The third kappa shape index (κ3) is 6.92. The van der Waals surface area contributed by atoms with Gasteiger partial charge in [0.05, 0.1) is 13.2 Å². The summed E-state index contributed by atoms with van der Waals surface area (Å²) in [5, 5.41) is 11.9. The number of aliphatic carboxylic acids is 1. The highest BCUT2D eigenvalue weighted by molar-refractivity contribution is 5.84. The molecule has 1 unspecified atom stereocenters. The van der Waals surface area contributed by atoms with Crippen LogP contribution in [0.15, 0.2) is 48.5 Å². The molecule has 2 aromatic carbocycles. The Morgan fingerprint density at radius 2 is 1.75 bits per heavy atom. The van der Waals surface area contributed by atoms with Crippen LogP contribution in [0, 0.1) is 0 Å². The first-order valence-electron chi connectivity index (χ1n) is 8.91. The van der Waals surface area contributed by atoms with E-state index in [9.17, 15) is 14.7 Å². The van der Waals surface area contributed by atoms with Crippen LogP contribution in [-0.4, -0.2) is 36.5 Å². The van der Waals surface area contributed by atoms with Crippen molar-refractivity contribution in [2.45, 2.75) is 39.1 Å². The van der Waals surface area contributed by atoms with E-state index in [2.05, 4.69) is 5.32 Å². The van der Waals surface area contributed by atoms with Crippen molar-refractivity contribution in [1.29, 1.82) is 0 Å². The molecule has 0 aliphatic rings. The maximum absolute atomic E-state index is 11.9. The molecule has 0 saturated heterocycles. The minimum Gasteiger partial charge on any atom is -0.497 e. The molecular formula is C21H25NO6. The van der Waals surface area contributed by atoms with Gasteiger partial charge in [0.15, 0.2) is 6.10 Å². The van der Waals surface area contributed by atoms with Gasteiger partial charge in [-0.2, -0.15) is 0 Å². The fraction of sp³-hybridized carbons (Fsp3) is 0.333. The van der Waals surface area contributed by atoms with Crippen LogP contribution in [-0.2, 0) is 27.3 Å². The van der Waals surface area contributed by atoms with Crippen LogP contribution in [0.4, 0.5) is 10.5 Å². The molecule has 2 N–H and O–H groups in total. The Hall–Kier alpha value is -3.06. The molecule has 150 valence electrons. The number of amides is 1. The first kappa shape index (κ1) is 21.2. The molecule has 0 heterocycles. The summed E-state index contributed by atoms with van der Waals surface area (Å²) in [6.45, 7) is 3.70.